The largest absolute Gasteiger partial charge is 0.494 e. The average molecular weight is 407 g/mol. The fourth-order valence-electron chi connectivity index (χ4n) is 2.89. The first-order valence-electron chi connectivity index (χ1n) is 9.15. The first-order chi connectivity index (χ1) is 14.1. The molecule has 7 heteroatoms. The Kier molecular flexibility index (Phi) is 5.48. The van der Waals surface area contributed by atoms with Crippen LogP contribution in [0.1, 0.15) is 23.0 Å². The van der Waals surface area contributed by atoms with E-state index in [9.17, 15) is 9.18 Å². The zero-order chi connectivity index (χ0) is 20.2. The summed E-state index contributed by atoms with van der Waals surface area (Å²) in [5, 5.41) is 0.550. The molecule has 0 aliphatic carbocycles. The molecule has 0 aliphatic rings. The van der Waals surface area contributed by atoms with Gasteiger partial charge in [0.05, 0.1) is 29.1 Å². The van der Waals surface area contributed by atoms with E-state index in [-0.39, 0.29) is 18.3 Å². The van der Waals surface area contributed by atoms with Crippen LogP contribution in [0.3, 0.4) is 0 Å². The van der Waals surface area contributed by atoms with Crippen molar-refractivity contribution < 1.29 is 13.9 Å². The molecule has 0 N–H and O–H groups in total. The monoisotopic (exact) mass is 407 g/mol. The van der Waals surface area contributed by atoms with E-state index in [0.717, 1.165) is 21.7 Å². The highest BCUT2D eigenvalue weighted by molar-refractivity contribution is 7.22. The van der Waals surface area contributed by atoms with E-state index >= 15 is 0 Å². The fraction of sp³-hybridized carbons (Fsp3) is 0.136. The van der Waals surface area contributed by atoms with E-state index in [0.29, 0.717) is 17.3 Å². The van der Waals surface area contributed by atoms with Gasteiger partial charge in [0.1, 0.15) is 11.6 Å². The highest BCUT2D eigenvalue weighted by atomic mass is 32.1. The fourth-order valence-corrected chi connectivity index (χ4v) is 3.88. The number of fused-ring (bicyclic) bond motifs is 1. The molecular formula is C22H18FN3O2S. The Morgan fingerprint density at radius 3 is 2.69 bits per heavy atom. The summed E-state index contributed by atoms with van der Waals surface area (Å²) in [7, 11) is 0. The highest BCUT2D eigenvalue weighted by Gasteiger charge is 2.22. The van der Waals surface area contributed by atoms with Crippen LogP contribution in [0.2, 0.25) is 0 Å². The van der Waals surface area contributed by atoms with Crippen molar-refractivity contribution in [3.05, 3.63) is 83.9 Å². The lowest BCUT2D eigenvalue weighted by Crippen LogP contribution is -2.30. The van der Waals surface area contributed by atoms with Gasteiger partial charge in [-0.05, 0) is 61.5 Å². The second kappa shape index (κ2) is 8.36. The third-order valence-electron chi connectivity index (χ3n) is 4.27. The summed E-state index contributed by atoms with van der Waals surface area (Å²) in [5.74, 6) is 0.109. The van der Waals surface area contributed by atoms with Gasteiger partial charge in [-0.2, -0.15) is 0 Å². The number of ether oxygens (including phenoxy) is 1. The maximum Gasteiger partial charge on any atom is 0.260 e. The number of anilines is 1. The van der Waals surface area contributed by atoms with Gasteiger partial charge < -0.3 is 4.74 Å². The van der Waals surface area contributed by atoms with Crippen LogP contribution in [-0.2, 0) is 6.54 Å². The summed E-state index contributed by atoms with van der Waals surface area (Å²) >= 11 is 1.40. The lowest BCUT2D eigenvalue weighted by molar-refractivity contribution is 0.0984. The molecule has 4 aromatic rings. The third-order valence-corrected chi connectivity index (χ3v) is 5.31. The number of aromatic nitrogens is 2. The maximum absolute atomic E-state index is 13.3. The maximum atomic E-state index is 13.3. The molecule has 4 rings (SSSR count). The molecule has 0 bridgehead atoms. The van der Waals surface area contributed by atoms with Crippen LogP contribution >= 0.6 is 11.3 Å². The Labute approximate surface area is 171 Å². The number of carbonyl (C=O) groups is 1. The van der Waals surface area contributed by atoms with Gasteiger partial charge in [-0.3, -0.25) is 14.7 Å². The molecule has 0 atom stereocenters. The standard InChI is InChI=1S/C22H18FN3O2S/c1-2-28-18-10-11-19-20(13-18)29-22(25-19)26(14-17-5-3-4-12-24-17)21(27)15-6-8-16(23)9-7-15/h3-13H,2,14H2,1H3. The summed E-state index contributed by atoms with van der Waals surface area (Å²) < 4.78 is 19.8. The molecule has 0 saturated heterocycles. The Hall–Kier alpha value is -3.32. The third kappa shape index (κ3) is 4.25. The van der Waals surface area contributed by atoms with Crippen LogP contribution in [0.15, 0.2) is 66.9 Å². The summed E-state index contributed by atoms with van der Waals surface area (Å²) in [5.41, 5.74) is 1.90. The molecule has 2 aromatic heterocycles. The van der Waals surface area contributed by atoms with Gasteiger partial charge in [0.2, 0.25) is 0 Å². The van der Waals surface area contributed by atoms with Crippen LogP contribution in [0.25, 0.3) is 10.2 Å². The van der Waals surface area contributed by atoms with Crippen molar-refractivity contribution in [2.75, 3.05) is 11.5 Å². The molecule has 0 unspecified atom stereocenters. The number of thiazole rings is 1. The predicted molar refractivity (Wildman–Crippen MR) is 112 cm³/mol. The number of benzene rings is 2. The number of carbonyl (C=O) groups excluding carboxylic acids is 1. The highest BCUT2D eigenvalue weighted by Crippen LogP contribution is 2.33. The molecule has 0 spiro atoms. The van der Waals surface area contributed by atoms with Gasteiger partial charge in [0.25, 0.3) is 5.91 Å². The van der Waals surface area contributed by atoms with Crippen molar-refractivity contribution in [3.8, 4) is 5.75 Å². The van der Waals surface area contributed by atoms with Gasteiger partial charge in [0.15, 0.2) is 5.13 Å². The number of hydrogen-bond acceptors (Lipinski definition) is 5. The Morgan fingerprint density at radius 1 is 1.14 bits per heavy atom. The molecule has 0 aliphatic heterocycles. The summed E-state index contributed by atoms with van der Waals surface area (Å²) in [6.45, 7) is 2.76. The van der Waals surface area contributed by atoms with E-state index in [1.807, 2.05) is 43.3 Å². The van der Waals surface area contributed by atoms with E-state index in [4.69, 9.17) is 4.74 Å². The Balaban J connectivity index is 1.73. The van der Waals surface area contributed by atoms with Gasteiger partial charge in [-0.25, -0.2) is 9.37 Å². The van der Waals surface area contributed by atoms with Crippen LogP contribution in [0.4, 0.5) is 9.52 Å². The first-order valence-corrected chi connectivity index (χ1v) is 9.96. The van der Waals surface area contributed by atoms with Crippen molar-refractivity contribution in [3.63, 3.8) is 0 Å². The van der Waals surface area contributed by atoms with Crippen molar-refractivity contribution in [1.82, 2.24) is 9.97 Å². The van der Waals surface area contributed by atoms with Crippen LogP contribution in [-0.4, -0.2) is 22.5 Å². The van der Waals surface area contributed by atoms with E-state index in [1.165, 1.54) is 35.6 Å². The van der Waals surface area contributed by atoms with Gasteiger partial charge in [0, 0.05) is 11.8 Å². The number of amides is 1. The Bertz CT molecular complexity index is 1130. The molecule has 0 radical (unpaired) electrons. The molecule has 0 saturated carbocycles. The van der Waals surface area contributed by atoms with Gasteiger partial charge >= 0.3 is 0 Å². The normalized spacial score (nSPS) is 10.8. The van der Waals surface area contributed by atoms with Crippen LogP contribution in [0, 0.1) is 5.82 Å². The summed E-state index contributed by atoms with van der Waals surface area (Å²) in [6.07, 6.45) is 1.68. The van der Waals surface area contributed by atoms with Crippen molar-refractivity contribution in [2.45, 2.75) is 13.5 Å². The average Bonchev–Trinajstić information content (AvgIpc) is 3.16. The van der Waals surface area contributed by atoms with E-state index in [1.54, 1.807) is 11.1 Å². The first kappa shape index (κ1) is 19.0. The molecule has 0 fully saturated rings. The van der Waals surface area contributed by atoms with Crippen molar-refractivity contribution >= 4 is 32.6 Å². The number of hydrogen-bond donors (Lipinski definition) is 0. The zero-order valence-electron chi connectivity index (χ0n) is 15.7. The minimum absolute atomic E-state index is 0.259. The summed E-state index contributed by atoms with van der Waals surface area (Å²) in [4.78, 5) is 23.8. The van der Waals surface area contributed by atoms with Crippen LogP contribution in [0.5, 0.6) is 5.75 Å². The molecule has 1 amide bonds. The lowest BCUT2D eigenvalue weighted by atomic mass is 10.2. The van der Waals surface area contributed by atoms with Crippen LogP contribution < -0.4 is 9.64 Å². The number of pyridine rings is 1. The smallest absolute Gasteiger partial charge is 0.260 e. The molecule has 2 heterocycles. The number of rotatable bonds is 6. The van der Waals surface area contributed by atoms with Gasteiger partial charge in [-0.1, -0.05) is 17.4 Å². The zero-order valence-corrected chi connectivity index (χ0v) is 16.5. The van der Waals surface area contributed by atoms with Crippen molar-refractivity contribution in [2.24, 2.45) is 0 Å². The topological polar surface area (TPSA) is 55.3 Å². The Morgan fingerprint density at radius 2 is 1.97 bits per heavy atom. The van der Waals surface area contributed by atoms with Crippen molar-refractivity contribution in [1.29, 1.82) is 0 Å². The SMILES string of the molecule is CCOc1ccc2nc(N(Cc3ccccn3)C(=O)c3ccc(F)cc3)sc2c1. The quantitative estimate of drug-likeness (QED) is 0.447. The van der Waals surface area contributed by atoms with Gasteiger partial charge in [-0.15, -0.1) is 0 Å². The van der Waals surface area contributed by atoms with E-state index < -0.39 is 0 Å². The summed E-state index contributed by atoms with van der Waals surface area (Å²) in [6, 6.07) is 16.7. The molecular weight excluding hydrogens is 389 g/mol. The number of halogens is 1. The molecule has 5 nitrogen and oxygen atoms in total. The molecule has 146 valence electrons. The molecule has 29 heavy (non-hydrogen) atoms. The minimum atomic E-state index is -0.388. The van der Waals surface area contributed by atoms with E-state index in [2.05, 4.69) is 9.97 Å². The lowest BCUT2D eigenvalue weighted by Gasteiger charge is -2.19. The predicted octanol–water partition coefficient (Wildman–Crippen LogP) is 5.08. The minimum Gasteiger partial charge on any atom is -0.494 e. The molecule has 2 aromatic carbocycles. The second-order valence-corrected chi connectivity index (χ2v) is 7.29. The second-order valence-electron chi connectivity index (χ2n) is 6.28. The number of nitrogens with zero attached hydrogens (tertiary/aromatic N) is 3.